The molecule has 0 amide bonds. The Morgan fingerprint density at radius 1 is 0.815 bits per heavy atom. The molecule has 3 aromatic carbocycles. The van der Waals surface area contributed by atoms with Gasteiger partial charge in [-0.2, -0.15) is 5.10 Å². The van der Waals surface area contributed by atoms with Gasteiger partial charge in [0.1, 0.15) is 0 Å². The molecule has 0 atom stereocenters. The predicted octanol–water partition coefficient (Wildman–Crippen LogP) is 6.05. The van der Waals surface area contributed by atoms with Crippen molar-refractivity contribution in [3.8, 4) is 11.3 Å². The molecule has 0 saturated carbocycles. The first kappa shape index (κ1) is 17.5. The van der Waals surface area contributed by atoms with Crippen LogP contribution in [0.5, 0.6) is 0 Å². The van der Waals surface area contributed by atoms with Gasteiger partial charge in [0.25, 0.3) is 0 Å². The van der Waals surface area contributed by atoms with E-state index >= 15 is 0 Å². The van der Waals surface area contributed by atoms with Crippen molar-refractivity contribution >= 4 is 46.3 Å². The summed E-state index contributed by atoms with van der Waals surface area (Å²) in [6.07, 6.45) is 1.67. The van der Waals surface area contributed by atoms with Crippen LogP contribution in [0.1, 0.15) is 5.56 Å². The number of rotatable bonds is 4. The molecule has 4 aromatic rings. The van der Waals surface area contributed by atoms with Crippen molar-refractivity contribution in [3.63, 3.8) is 0 Å². The maximum absolute atomic E-state index is 6.18. The number of nitrogens with zero attached hydrogens (tertiary/aromatic N) is 3. The third-order valence-electron chi connectivity index (χ3n) is 3.93. The van der Waals surface area contributed by atoms with Crippen LogP contribution in [0.3, 0.4) is 0 Å². The van der Waals surface area contributed by atoms with Crippen LogP contribution < -0.4 is 5.43 Å². The lowest BCUT2D eigenvalue weighted by Gasteiger charge is -2.09. The SMILES string of the molecule is Clc1cccc(/C=N/Nc2nc(-c3ccccc3)c3cc(Cl)ccc3n2)c1. The maximum Gasteiger partial charge on any atom is 0.244 e. The molecule has 0 bridgehead atoms. The highest BCUT2D eigenvalue weighted by molar-refractivity contribution is 6.31. The lowest BCUT2D eigenvalue weighted by atomic mass is 10.1. The molecule has 0 saturated heterocycles. The van der Waals surface area contributed by atoms with Gasteiger partial charge in [0.15, 0.2) is 0 Å². The Labute approximate surface area is 166 Å². The molecule has 4 nitrogen and oxygen atoms in total. The summed E-state index contributed by atoms with van der Waals surface area (Å²) in [4.78, 5) is 9.17. The molecule has 6 heteroatoms. The summed E-state index contributed by atoms with van der Waals surface area (Å²) in [5.41, 5.74) is 6.34. The average molecular weight is 393 g/mol. The fraction of sp³-hybridized carbons (Fsp3) is 0. The predicted molar refractivity (Wildman–Crippen MR) is 113 cm³/mol. The minimum atomic E-state index is 0.405. The molecule has 0 spiro atoms. The molecule has 0 fully saturated rings. The van der Waals surface area contributed by atoms with E-state index < -0.39 is 0 Å². The van der Waals surface area contributed by atoms with Crippen LogP contribution in [0.2, 0.25) is 10.0 Å². The molecule has 0 radical (unpaired) electrons. The van der Waals surface area contributed by atoms with Gasteiger partial charge in [-0.3, -0.25) is 0 Å². The second-order valence-corrected chi connectivity index (χ2v) is 6.72. The Morgan fingerprint density at radius 2 is 1.63 bits per heavy atom. The van der Waals surface area contributed by atoms with E-state index in [9.17, 15) is 0 Å². The molecule has 0 unspecified atom stereocenters. The molecular formula is C21H14Cl2N4. The van der Waals surface area contributed by atoms with E-state index in [1.807, 2.05) is 72.8 Å². The van der Waals surface area contributed by atoms with Crippen LogP contribution >= 0.6 is 23.2 Å². The second kappa shape index (κ2) is 7.74. The summed E-state index contributed by atoms with van der Waals surface area (Å²) < 4.78 is 0. The highest BCUT2D eigenvalue weighted by Gasteiger charge is 2.10. The van der Waals surface area contributed by atoms with E-state index in [0.717, 1.165) is 27.7 Å². The van der Waals surface area contributed by atoms with Gasteiger partial charge in [0.05, 0.1) is 17.4 Å². The van der Waals surface area contributed by atoms with Gasteiger partial charge in [0, 0.05) is 21.0 Å². The molecule has 0 aliphatic rings. The number of anilines is 1. The molecule has 0 aliphatic heterocycles. The fourth-order valence-electron chi connectivity index (χ4n) is 2.72. The first-order valence-corrected chi connectivity index (χ1v) is 9.02. The number of aromatic nitrogens is 2. The summed E-state index contributed by atoms with van der Waals surface area (Å²) >= 11 is 12.2. The number of nitrogens with one attached hydrogen (secondary N) is 1. The van der Waals surface area contributed by atoms with Gasteiger partial charge in [-0.05, 0) is 35.9 Å². The molecule has 1 heterocycles. The summed E-state index contributed by atoms with van der Waals surface area (Å²) in [5.74, 6) is 0.405. The molecule has 1 aromatic heterocycles. The average Bonchev–Trinajstić information content (AvgIpc) is 2.68. The Kier molecular flexibility index (Phi) is 5.01. The van der Waals surface area contributed by atoms with E-state index in [4.69, 9.17) is 23.2 Å². The third kappa shape index (κ3) is 4.08. The monoisotopic (exact) mass is 392 g/mol. The number of hydrazone groups is 1. The molecule has 0 aliphatic carbocycles. The Balaban J connectivity index is 1.72. The number of benzene rings is 3. The van der Waals surface area contributed by atoms with Crippen molar-refractivity contribution in [2.45, 2.75) is 0 Å². The minimum Gasteiger partial charge on any atom is -0.245 e. The second-order valence-electron chi connectivity index (χ2n) is 5.85. The minimum absolute atomic E-state index is 0.405. The first-order chi connectivity index (χ1) is 13.2. The van der Waals surface area contributed by atoms with Crippen LogP contribution in [0.15, 0.2) is 77.9 Å². The van der Waals surface area contributed by atoms with Crippen molar-refractivity contribution in [1.82, 2.24) is 9.97 Å². The zero-order valence-corrected chi connectivity index (χ0v) is 15.6. The summed E-state index contributed by atoms with van der Waals surface area (Å²) in [5, 5.41) is 6.41. The van der Waals surface area contributed by atoms with Gasteiger partial charge < -0.3 is 0 Å². The van der Waals surface area contributed by atoms with E-state index in [0.29, 0.717) is 16.0 Å². The van der Waals surface area contributed by atoms with Gasteiger partial charge in [-0.1, -0.05) is 65.7 Å². The Morgan fingerprint density at radius 3 is 2.44 bits per heavy atom. The van der Waals surface area contributed by atoms with Crippen LogP contribution in [0, 0.1) is 0 Å². The van der Waals surface area contributed by atoms with E-state index in [1.54, 1.807) is 6.21 Å². The van der Waals surface area contributed by atoms with Gasteiger partial charge in [-0.25, -0.2) is 15.4 Å². The number of halogens is 2. The van der Waals surface area contributed by atoms with E-state index in [2.05, 4.69) is 20.5 Å². The maximum atomic E-state index is 6.18. The lowest BCUT2D eigenvalue weighted by molar-refractivity contribution is 1.16. The summed E-state index contributed by atoms with van der Waals surface area (Å²) in [6.45, 7) is 0. The number of hydrogen-bond donors (Lipinski definition) is 1. The lowest BCUT2D eigenvalue weighted by Crippen LogP contribution is -1.99. The quantitative estimate of drug-likeness (QED) is 0.339. The molecule has 1 N–H and O–H groups in total. The van der Waals surface area contributed by atoms with E-state index in [1.165, 1.54) is 0 Å². The fourth-order valence-corrected chi connectivity index (χ4v) is 3.09. The normalized spacial score (nSPS) is 11.2. The first-order valence-electron chi connectivity index (χ1n) is 8.26. The molecule has 27 heavy (non-hydrogen) atoms. The Bertz CT molecular complexity index is 1130. The third-order valence-corrected chi connectivity index (χ3v) is 4.40. The highest BCUT2D eigenvalue weighted by atomic mass is 35.5. The summed E-state index contributed by atoms with van der Waals surface area (Å²) in [6, 6.07) is 22.9. The smallest absolute Gasteiger partial charge is 0.244 e. The molecular weight excluding hydrogens is 379 g/mol. The number of hydrogen-bond acceptors (Lipinski definition) is 4. The summed E-state index contributed by atoms with van der Waals surface area (Å²) in [7, 11) is 0. The standard InChI is InChI=1S/C21H14Cl2N4/c22-16-8-4-5-14(11-16)13-24-27-21-25-19-10-9-17(23)12-18(19)20(26-21)15-6-2-1-3-7-15/h1-13H,(H,25,26,27)/b24-13+. The van der Waals surface area contributed by atoms with E-state index in [-0.39, 0.29) is 0 Å². The molecule has 132 valence electrons. The van der Waals surface area contributed by atoms with Crippen LogP contribution in [-0.2, 0) is 0 Å². The molecule has 4 rings (SSSR count). The topological polar surface area (TPSA) is 50.2 Å². The van der Waals surface area contributed by atoms with Crippen molar-refractivity contribution in [1.29, 1.82) is 0 Å². The zero-order valence-electron chi connectivity index (χ0n) is 14.1. The Hall–Kier alpha value is -2.95. The van der Waals surface area contributed by atoms with Gasteiger partial charge in [0.2, 0.25) is 5.95 Å². The van der Waals surface area contributed by atoms with Gasteiger partial charge in [-0.15, -0.1) is 0 Å². The zero-order chi connectivity index (χ0) is 18.6. The number of fused-ring (bicyclic) bond motifs is 1. The van der Waals surface area contributed by atoms with Crippen LogP contribution in [0.4, 0.5) is 5.95 Å². The largest absolute Gasteiger partial charge is 0.245 e. The van der Waals surface area contributed by atoms with Crippen molar-refractivity contribution in [3.05, 3.63) is 88.4 Å². The van der Waals surface area contributed by atoms with Crippen molar-refractivity contribution in [2.75, 3.05) is 5.43 Å². The van der Waals surface area contributed by atoms with Crippen LogP contribution in [0.25, 0.3) is 22.2 Å². The highest BCUT2D eigenvalue weighted by Crippen LogP contribution is 2.29. The van der Waals surface area contributed by atoms with Crippen molar-refractivity contribution < 1.29 is 0 Å². The van der Waals surface area contributed by atoms with Gasteiger partial charge >= 0.3 is 0 Å². The van der Waals surface area contributed by atoms with Crippen LogP contribution in [-0.4, -0.2) is 16.2 Å². The van der Waals surface area contributed by atoms with Crippen molar-refractivity contribution in [2.24, 2.45) is 5.10 Å².